The third kappa shape index (κ3) is 3.38. The van der Waals surface area contributed by atoms with Crippen LogP contribution >= 0.6 is 11.3 Å². The van der Waals surface area contributed by atoms with Crippen LogP contribution in [0, 0.1) is 0 Å². The number of nitrogens with zero attached hydrogens (tertiary/aromatic N) is 2. The zero-order valence-electron chi connectivity index (χ0n) is 12.7. The summed E-state index contributed by atoms with van der Waals surface area (Å²) in [7, 11) is 1.82. The van der Waals surface area contributed by atoms with E-state index in [-0.39, 0.29) is 5.91 Å². The lowest BCUT2D eigenvalue weighted by atomic mass is 9.96. The second kappa shape index (κ2) is 6.22. The number of likely N-dealkylation sites (N-methyl/N-ethyl adjacent to an activating group) is 1. The molecule has 1 aliphatic carbocycles. The molecule has 2 N–H and O–H groups in total. The summed E-state index contributed by atoms with van der Waals surface area (Å²) in [6.07, 6.45) is 6.37. The fraction of sp³-hybridized carbons (Fsp3) is 0.733. The highest BCUT2D eigenvalue weighted by molar-refractivity contribution is 7.11. The predicted molar refractivity (Wildman–Crippen MR) is 82.7 cm³/mol. The average Bonchev–Trinajstić information content (AvgIpc) is 2.79. The number of aryl methyl sites for hydroxylation is 2. The average molecular weight is 295 g/mol. The number of thiazole rings is 1. The molecule has 1 atom stereocenters. The minimum absolute atomic E-state index is 0.00696. The van der Waals surface area contributed by atoms with Crippen molar-refractivity contribution in [3.8, 4) is 0 Å². The molecule has 0 radical (unpaired) electrons. The van der Waals surface area contributed by atoms with E-state index in [1.165, 1.54) is 23.4 Å². The van der Waals surface area contributed by atoms with Gasteiger partial charge in [0.15, 0.2) is 0 Å². The molecule has 0 aromatic carbocycles. The third-order valence-corrected chi connectivity index (χ3v) is 5.01. The fourth-order valence-electron chi connectivity index (χ4n) is 2.81. The molecule has 1 unspecified atom stereocenters. The Morgan fingerprint density at radius 2 is 2.15 bits per heavy atom. The van der Waals surface area contributed by atoms with E-state index in [4.69, 9.17) is 5.73 Å². The predicted octanol–water partition coefficient (Wildman–Crippen LogP) is 2.50. The maximum absolute atomic E-state index is 12.4. The number of amides is 1. The van der Waals surface area contributed by atoms with E-state index in [9.17, 15) is 4.79 Å². The molecule has 0 saturated heterocycles. The van der Waals surface area contributed by atoms with Crippen molar-refractivity contribution in [3.05, 3.63) is 15.6 Å². The molecule has 0 saturated carbocycles. The molecule has 1 heterocycles. The van der Waals surface area contributed by atoms with Gasteiger partial charge in [-0.05, 0) is 39.0 Å². The standard InChI is InChI=1S/C15H25N3OS/c1-4-9-15(2,16)14(19)18(3)10-13-17-11-7-5-6-8-12(11)20-13/h4-10,16H2,1-3H3. The molecular weight excluding hydrogens is 270 g/mol. The van der Waals surface area contributed by atoms with Gasteiger partial charge in [-0.1, -0.05) is 13.3 Å². The van der Waals surface area contributed by atoms with Gasteiger partial charge in [-0.25, -0.2) is 4.98 Å². The summed E-state index contributed by atoms with van der Waals surface area (Å²) in [5, 5.41) is 1.04. The first-order valence-electron chi connectivity index (χ1n) is 7.46. The summed E-state index contributed by atoms with van der Waals surface area (Å²) < 4.78 is 0. The Balaban J connectivity index is 2.02. The van der Waals surface area contributed by atoms with Crippen molar-refractivity contribution in [1.29, 1.82) is 0 Å². The molecule has 0 bridgehead atoms. The normalized spacial score (nSPS) is 17.4. The largest absolute Gasteiger partial charge is 0.337 e. The smallest absolute Gasteiger partial charge is 0.242 e. The number of rotatable bonds is 5. The van der Waals surface area contributed by atoms with Crippen LogP contribution in [0.25, 0.3) is 0 Å². The van der Waals surface area contributed by atoms with E-state index < -0.39 is 5.54 Å². The van der Waals surface area contributed by atoms with Crippen molar-refractivity contribution in [3.63, 3.8) is 0 Å². The fourth-order valence-corrected chi connectivity index (χ4v) is 4.02. The van der Waals surface area contributed by atoms with Crippen molar-refractivity contribution >= 4 is 17.2 Å². The van der Waals surface area contributed by atoms with Gasteiger partial charge in [0.1, 0.15) is 5.01 Å². The number of carbonyl (C=O) groups excluding carboxylic acids is 1. The summed E-state index contributed by atoms with van der Waals surface area (Å²) in [6, 6.07) is 0. The van der Waals surface area contributed by atoms with E-state index >= 15 is 0 Å². The zero-order chi connectivity index (χ0) is 14.8. The third-order valence-electron chi connectivity index (χ3n) is 3.87. The summed E-state index contributed by atoms with van der Waals surface area (Å²) in [5.74, 6) is 0.00696. The van der Waals surface area contributed by atoms with Gasteiger partial charge in [0.25, 0.3) is 0 Å². The zero-order valence-corrected chi connectivity index (χ0v) is 13.6. The van der Waals surface area contributed by atoms with Crippen LogP contribution in [0.1, 0.15) is 55.1 Å². The van der Waals surface area contributed by atoms with E-state index in [0.717, 1.165) is 24.3 Å². The number of aromatic nitrogens is 1. The van der Waals surface area contributed by atoms with E-state index in [1.807, 2.05) is 20.9 Å². The molecular formula is C15H25N3OS. The van der Waals surface area contributed by atoms with Crippen molar-refractivity contribution in [2.45, 2.75) is 64.5 Å². The van der Waals surface area contributed by atoms with Crippen LogP contribution < -0.4 is 5.73 Å². The maximum atomic E-state index is 12.4. The summed E-state index contributed by atoms with van der Waals surface area (Å²) in [4.78, 5) is 20.2. The molecule has 4 nitrogen and oxygen atoms in total. The van der Waals surface area contributed by atoms with Gasteiger partial charge in [0.05, 0.1) is 17.8 Å². The highest BCUT2D eigenvalue weighted by Gasteiger charge is 2.30. The number of carbonyl (C=O) groups is 1. The molecule has 0 fully saturated rings. The first kappa shape index (κ1) is 15.4. The lowest BCUT2D eigenvalue weighted by molar-refractivity contribution is -0.135. The Labute approximate surface area is 125 Å². The van der Waals surface area contributed by atoms with E-state index in [1.54, 1.807) is 16.2 Å². The number of hydrogen-bond acceptors (Lipinski definition) is 4. The first-order chi connectivity index (χ1) is 9.44. The molecule has 5 heteroatoms. The molecule has 1 aromatic rings. The van der Waals surface area contributed by atoms with Crippen molar-refractivity contribution in [1.82, 2.24) is 9.88 Å². The Hall–Kier alpha value is -0.940. The van der Waals surface area contributed by atoms with Gasteiger partial charge >= 0.3 is 0 Å². The second-order valence-electron chi connectivity index (χ2n) is 6.01. The van der Waals surface area contributed by atoms with Gasteiger partial charge in [0, 0.05) is 11.9 Å². The topological polar surface area (TPSA) is 59.2 Å². The first-order valence-corrected chi connectivity index (χ1v) is 8.27. The lowest BCUT2D eigenvalue weighted by Gasteiger charge is -2.28. The summed E-state index contributed by atoms with van der Waals surface area (Å²) in [6.45, 7) is 4.45. The molecule has 0 spiro atoms. The summed E-state index contributed by atoms with van der Waals surface area (Å²) in [5.41, 5.74) is 6.60. The molecule has 1 aliphatic rings. The summed E-state index contributed by atoms with van der Waals surface area (Å²) >= 11 is 1.76. The van der Waals surface area contributed by atoms with Gasteiger partial charge in [-0.15, -0.1) is 11.3 Å². The minimum atomic E-state index is -0.764. The van der Waals surface area contributed by atoms with E-state index in [2.05, 4.69) is 4.98 Å². The van der Waals surface area contributed by atoms with Gasteiger partial charge in [-0.3, -0.25) is 4.79 Å². The quantitative estimate of drug-likeness (QED) is 0.908. The van der Waals surface area contributed by atoms with Crippen LogP contribution in [0.5, 0.6) is 0 Å². The van der Waals surface area contributed by atoms with Gasteiger partial charge in [0.2, 0.25) is 5.91 Å². The van der Waals surface area contributed by atoms with E-state index in [0.29, 0.717) is 13.0 Å². The molecule has 0 aliphatic heterocycles. The van der Waals surface area contributed by atoms with Crippen LogP contribution in [0.4, 0.5) is 0 Å². The molecule has 1 amide bonds. The highest BCUT2D eigenvalue weighted by Crippen LogP contribution is 2.27. The lowest BCUT2D eigenvalue weighted by Crippen LogP contribution is -2.51. The van der Waals surface area contributed by atoms with Crippen LogP contribution in [-0.4, -0.2) is 28.4 Å². The Morgan fingerprint density at radius 1 is 1.45 bits per heavy atom. The molecule has 112 valence electrons. The maximum Gasteiger partial charge on any atom is 0.242 e. The Morgan fingerprint density at radius 3 is 2.80 bits per heavy atom. The Kier molecular flexibility index (Phi) is 4.81. The van der Waals surface area contributed by atoms with Gasteiger partial charge < -0.3 is 10.6 Å². The van der Waals surface area contributed by atoms with Crippen molar-refractivity contribution in [2.24, 2.45) is 5.73 Å². The van der Waals surface area contributed by atoms with Crippen molar-refractivity contribution in [2.75, 3.05) is 7.05 Å². The van der Waals surface area contributed by atoms with Crippen LogP contribution in [0.2, 0.25) is 0 Å². The van der Waals surface area contributed by atoms with Crippen LogP contribution in [0.15, 0.2) is 0 Å². The van der Waals surface area contributed by atoms with Crippen LogP contribution in [-0.2, 0) is 24.2 Å². The number of fused-ring (bicyclic) bond motifs is 1. The Bertz CT molecular complexity index is 458. The van der Waals surface area contributed by atoms with Crippen LogP contribution in [0.3, 0.4) is 0 Å². The van der Waals surface area contributed by atoms with Crippen molar-refractivity contribution < 1.29 is 4.79 Å². The second-order valence-corrected chi connectivity index (χ2v) is 7.18. The minimum Gasteiger partial charge on any atom is -0.337 e. The number of nitrogens with two attached hydrogens (primary N) is 1. The number of hydrogen-bond donors (Lipinski definition) is 1. The highest BCUT2D eigenvalue weighted by atomic mass is 32.1. The molecule has 2 rings (SSSR count). The monoisotopic (exact) mass is 295 g/mol. The molecule has 20 heavy (non-hydrogen) atoms. The van der Waals surface area contributed by atoms with Gasteiger partial charge in [-0.2, -0.15) is 0 Å². The SMILES string of the molecule is CCCC(C)(N)C(=O)N(C)Cc1nc2c(s1)CCCC2. The molecule has 1 aromatic heterocycles.